The van der Waals surface area contributed by atoms with Crippen molar-refractivity contribution in [3.63, 3.8) is 0 Å². The molecule has 0 aromatic heterocycles. The van der Waals surface area contributed by atoms with Crippen LogP contribution in [0.2, 0.25) is 0 Å². The number of aliphatic imine (C=N–C) groups is 2. The minimum absolute atomic E-state index is 0.0805. The monoisotopic (exact) mass is 473 g/mol. The first kappa shape index (κ1) is 24.2. The first-order chi connectivity index (χ1) is 16.2. The largest absolute Gasteiger partial charge is 0.481 e. The number of hydrogen-bond donors (Lipinski definition) is 6. The topological polar surface area (TPSA) is 216 Å². The maximum Gasteiger partial charge on any atom is 0.326 e. The van der Waals surface area contributed by atoms with Gasteiger partial charge in [0.05, 0.1) is 12.6 Å². The van der Waals surface area contributed by atoms with Crippen LogP contribution in [0.15, 0.2) is 34.3 Å². The molecular formula is C20H23N7O7. The zero-order chi connectivity index (χ0) is 24.8. The molecule has 2 aliphatic rings. The first-order valence-electron chi connectivity index (χ1n) is 10.2. The number of carboxylic acid groups (broad SMARTS) is 2. The van der Waals surface area contributed by atoms with Gasteiger partial charge in [-0.15, -0.1) is 0 Å². The van der Waals surface area contributed by atoms with Crippen molar-refractivity contribution < 1.29 is 34.2 Å². The van der Waals surface area contributed by atoms with Crippen LogP contribution in [-0.2, 0) is 19.2 Å². The highest BCUT2D eigenvalue weighted by Crippen LogP contribution is 2.17. The number of anilines is 1. The van der Waals surface area contributed by atoms with Crippen molar-refractivity contribution in [2.45, 2.75) is 31.0 Å². The second-order valence-electron chi connectivity index (χ2n) is 7.55. The highest BCUT2D eigenvalue weighted by atomic mass is 16.4. The molecule has 0 saturated heterocycles. The van der Waals surface area contributed by atoms with Gasteiger partial charge in [-0.3, -0.25) is 29.5 Å². The third-order valence-corrected chi connectivity index (χ3v) is 5.22. The van der Waals surface area contributed by atoms with Gasteiger partial charge in [0.25, 0.3) is 11.8 Å². The highest BCUT2D eigenvalue weighted by molar-refractivity contribution is 6.20. The van der Waals surface area contributed by atoms with Gasteiger partial charge in [0.15, 0.2) is 11.9 Å². The van der Waals surface area contributed by atoms with Crippen LogP contribution >= 0.6 is 0 Å². The number of hydrogen-bond acceptors (Lipinski definition) is 9. The molecule has 34 heavy (non-hydrogen) atoms. The standard InChI is InChI=1S/C20H23N7O7/c21-20-25-16-15(18(32)26-20)27(9-28)12(8-23-16)7-22-11-3-1-10(2-4-11)17(31)24-13(19(33)34)5-6-14(29)30/h1-4,9,12-13,15,22H,5-8H2,(H,24,31)(H,29,30)(H,33,34)(H3,21,23,25,26,32)/t12?,13-,15?/m0/s1. The number of benzene rings is 1. The summed E-state index contributed by atoms with van der Waals surface area (Å²) >= 11 is 0. The van der Waals surface area contributed by atoms with Crippen molar-refractivity contribution >= 4 is 47.6 Å². The maximum atomic E-state index is 12.3. The summed E-state index contributed by atoms with van der Waals surface area (Å²) in [6.45, 7) is 0.454. The number of carbonyl (C=O) groups excluding carboxylic acids is 3. The fourth-order valence-electron chi connectivity index (χ4n) is 3.48. The summed E-state index contributed by atoms with van der Waals surface area (Å²) in [6, 6.07) is 3.36. The van der Waals surface area contributed by atoms with Crippen molar-refractivity contribution in [2.24, 2.45) is 15.7 Å². The summed E-state index contributed by atoms with van der Waals surface area (Å²) in [5.74, 6) is -3.56. The minimum atomic E-state index is -1.33. The van der Waals surface area contributed by atoms with E-state index in [1.165, 1.54) is 17.0 Å². The number of nitrogens with one attached hydrogen (secondary N) is 3. The molecule has 0 spiro atoms. The molecule has 0 aliphatic carbocycles. The van der Waals surface area contributed by atoms with E-state index in [-0.39, 0.29) is 36.9 Å². The number of carboxylic acids is 2. The third-order valence-electron chi connectivity index (χ3n) is 5.22. The third kappa shape index (κ3) is 5.65. The molecule has 7 N–H and O–H groups in total. The number of rotatable bonds is 10. The number of aliphatic carboxylic acids is 2. The zero-order valence-electron chi connectivity index (χ0n) is 17.8. The molecule has 180 valence electrons. The average Bonchev–Trinajstić information content (AvgIpc) is 2.79. The zero-order valence-corrected chi connectivity index (χ0v) is 17.8. The molecule has 2 unspecified atom stereocenters. The number of nitrogens with zero attached hydrogens (tertiary/aromatic N) is 3. The van der Waals surface area contributed by atoms with E-state index >= 15 is 0 Å². The highest BCUT2D eigenvalue weighted by Gasteiger charge is 2.40. The summed E-state index contributed by atoms with van der Waals surface area (Å²) in [4.78, 5) is 67.7. The Morgan fingerprint density at radius 1 is 1.26 bits per heavy atom. The Balaban J connectivity index is 1.60. The summed E-state index contributed by atoms with van der Waals surface area (Å²) in [5.41, 5.74) is 6.32. The molecule has 1 aromatic carbocycles. The quantitative estimate of drug-likeness (QED) is 0.211. The predicted molar refractivity (Wildman–Crippen MR) is 118 cm³/mol. The number of carbonyl (C=O) groups is 5. The Labute approximate surface area is 192 Å². The molecule has 0 fully saturated rings. The Kier molecular flexibility index (Phi) is 7.40. The van der Waals surface area contributed by atoms with Crippen molar-refractivity contribution in [2.75, 3.05) is 18.4 Å². The average molecular weight is 473 g/mol. The second-order valence-corrected chi connectivity index (χ2v) is 7.55. The first-order valence-corrected chi connectivity index (χ1v) is 10.2. The lowest BCUT2D eigenvalue weighted by atomic mass is 10.1. The van der Waals surface area contributed by atoms with Crippen LogP contribution in [0.3, 0.4) is 0 Å². The lowest BCUT2D eigenvalue weighted by molar-refractivity contribution is -0.140. The molecule has 2 aliphatic heterocycles. The van der Waals surface area contributed by atoms with Gasteiger partial charge in [0.1, 0.15) is 6.04 Å². The summed E-state index contributed by atoms with van der Waals surface area (Å²) in [5, 5.41) is 25.7. The van der Waals surface area contributed by atoms with Gasteiger partial charge in [-0.1, -0.05) is 0 Å². The summed E-state index contributed by atoms with van der Waals surface area (Å²) in [6.07, 6.45) is -0.0857. The van der Waals surface area contributed by atoms with E-state index in [2.05, 4.69) is 25.9 Å². The van der Waals surface area contributed by atoms with Gasteiger partial charge in [-0.25, -0.2) is 4.79 Å². The molecule has 2 heterocycles. The number of fused-ring (bicyclic) bond motifs is 1. The predicted octanol–water partition coefficient (Wildman–Crippen LogP) is -1.80. The van der Waals surface area contributed by atoms with E-state index in [0.29, 0.717) is 12.1 Å². The van der Waals surface area contributed by atoms with Crippen LogP contribution in [0.4, 0.5) is 5.69 Å². The lowest BCUT2D eigenvalue weighted by Gasteiger charge is -2.38. The van der Waals surface area contributed by atoms with Gasteiger partial charge in [-0.05, 0) is 30.7 Å². The Hall–Kier alpha value is -4.49. The summed E-state index contributed by atoms with van der Waals surface area (Å²) in [7, 11) is 0. The van der Waals surface area contributed by atoms with Crippen LogP contribution < -0.4 is 21.7 Å². The Morgan fingerprint density at radius 3 is 2.59 bits per heavy atom. The van der Waals surface area contributed by atoms with Crippen LogP contribution in [0.25, 0.3) is 0 Å². The molecular weight excluding hydrogens is 450 g/mol. The van der Waals surface area contributed by atoms with E-state index in [0.717, 1.165) is 0 Å². The van der Waals surface area contributed by atoms with E-state index in [9.17, 15) is 24.0 Å². The van der Waals surface area contributed by atoms with E-state index in [4.69, 9.17) is 15.9 Å². The molecule has 14 heteroatoms. The van der Waals surface area contributed by atoms with E-state index in [1.54, 1.807) is 12.1 Å². The molecule has 14 nitrogen and oxygen atoms in total. The van der Waals surface area contributed by atoms with Crippen LogP contribution in [0.5, 0.6) is 0 Å². The smallest absolute Gasteiger partial charge is 0.326 e. The van der Waals surface area contributed by atoms with Gasteiger partial charge in [0, 0.05) is 24.2 Å². The van der Waals surface area contributed by atoms with E-state index in [1.807, 2.05) is 0 Å². The van der Waals surface area contributed by atoms with Crippen LogP contribution in [0.1, 0.15) is 23.2 Å². The number of amides is 3. The molecule has 3 rings (SSSR count). The molecule has 0 radical (unpaired) electrons. The Morgan fingerprint density at radius 2 is 1.97 bits per heavy atom. The Bertz CT molecular complexity index is 1050. The number of amidine groups is 1. The van der Waals surface area contributed by atoms with Gasteiger partial charge in [-0.2, -0.15) is 4.99 Å². The minimum Gasteiger partial charge on any atom is -0.481 e. The van der Waals surface area contributed by atoms with Gasteiger partial charge < -0.3 is 31.5 Å². The fourth-order valence-corrected chi connectivity index (χ4v) is 3.48. The SMILES string of the molecule is NC1=NC2=NCC(CNc3ccc(C(=O)N[C@@H](CCC(=O)O)C(=O)O)cc3)N(C=O)C2C(=O)N1. The molecule has 1 aromatic rings. The fraction of sp³-hybridized carbons (Fsp3) is 0.350. The van der Waals surface area contributed by atoms with Crippen molar-refractivity contribution in [3.8, 4) is 0 Å². The van der Waals surface area contributed by atoms with Crippen LogP contribution in [-0.4, -0.2) is 88.3 Å². The van der Waals surface area contributed by atoms with E-state index < -0.39 is 48.3 Å². The van der Waals surface area contributed by atoms with Crippen molar-refractivity contribution in [1.29, 1.82) is 0 Å². The normalized spacial score (nSPS) is 20.1. The van der Waals surface area contributed by atoms with Crippen molar-refractivity contribution in [3.05, 3.63) is 29.8 Å². The van der Waals surface area contributed by atoms with Crippen molar-refractivity contribution in [1.82, 2.24) is 15.5 Å². The number of nitrogens with two attached hydrogens (primary N) is 1. The van der Waals surface area contributed by atoms with Gasteiger partial charge >= 0.3 is 11.9 Å². The van der Waals surface area contributed by atoms with Crippen LogP contribution in [0, 0.1) is 0 Å². The second kappa shape index (κ2) is 10.4. The molecule has 0 saturated carbocycles. The number of guanidine groups is 1. The molecule has 3 atom stereocenters. The molecule has 3 amide bonds. The lowest BCUT2D eigenvalue weighted by Crippen LogP contribution is -2.63. The maximum absolute atomic E-state index is 12.3. The van der Waals surface area contributed by atoms with Gasteiger partial charge in [0.2, 0.25) is 12.4 Å². The molecule has 0 bridgehead atoms. The summed E-state index contributed by atoms with van der Waals surface area (Å²) < 4.78 is 0.